The van der Waals surface area contributed by atoms with Gasteiger partial charge in [-0.05, 0) is 19.3 Å². The molecular formula is C11H20N2O. The monoisotopic (exact) mass is 196 g/mol. The molecule has 14 heavy (non-hydrogen) atoms. The summed E-state index contributed by atoms with van der Waals surface area (Å²) in [6.07, 6.45) is 2.41. The van der Waals surface area contributed by atoms with Crippen molar-refractivity contribution in [1.29, 1.82) is 0 Å². The topological polar surface area (TPSA) is 32.3 Å². The van der Waals surface area contributed by atoms with Gasteiger partial charge >= 0.3 is 0 Å². The summed E-state index contributed by atoms with van der Waals surface area (Å²) in [5.41, 5.74) is -0.0946. The second kappa shape index (κ2) is 3.54. The van der Waals surface area contributed by atoms with Gasteiger partial charge in [-0.1, -0.05) is 13.3 Å². The summed E-state index contributed by atoms with van der Waals surface area (Å²) in [4.78, 5) is 14.2. The molecule has 2 rings (SSSR count). The van der Waals surface area contributed by atoms with E-state index >= 15 is 0 Å². The van der Waals surface area contributed by atoms with Crippen LogP contribution in [0.3, 0.4) is 0 Å². The Hall–Kier alpha value is -0.570. The van der Waals surface area contributed by atoms with Gasteiger partial charge in [0.15, 0.2) is 0 Å². The first-order valence-corrected chi connectivity index (χ1v) is 5.66. The van der Waals surface area contributed by atoms with Crippen molar-refractivity contribution in [2.24, 2.45) is 11.3 Å². The van der Waals surface area contributed by atoms with Crippen LogP contribution in [0.25, 0.3) is 0 Å². The molecule has 0 aromatic heterocycles. The van der Waals surface area contributed by atoms with Crippen LogP contribution in [0.1, 0.15) is 26.7 Å². The number of rotatable bonds is 2. The Balaban J connectivity index is 1.93. The van der Waals surface area contributed by atoms with Crippen LogP contribution >= 0.6 is 0 Å². The fourth-order valence-electron chi connectivity index (χ4n) is 2.38. The van der Waals surface area contributed by atoms with Crippen LogP contribution < -0.4 is 5.32 Å². The summed E-state index contributed by atoms with van der Waals surface area (Å²) in [6.45, 7) is 7.98. The number of likely N-dealkylation sites (tertiary alicyclic amines) is 1. The van der Waals surface area contributed by atoms with E-state index in [2.05, 4.69) is 24.1 Å². The fourth-order valence-corrected chi connectivity index (χ4v) is 2.38. The molecule has 80 valence electrons. The first-order chi connectivity index (χ1) is 6.65. The zero-order valence-corrected chi connectivity index (χ0v) is 9.18. The van der Waals surface area contributed by atoms with Gasteiger partial charge in [0.2, 0.25) is 5.91 Å². The average Bonchev–Trinajstić information content (AvgIpc) is 2.61. The largest absolute Gasteiger partial charge is 0.342 e. The van der Waals surface area contributed by atoms with Crippen molar-refractivity contribution in [3.05, 3.63) is 0 Å². The molecule has 1 unspecified atom stereocenters. The van der Waals surface area contributed by atoms with E-state index in [4.69, 9.17) is 0 Å². The molecule has 2 saturated heterocycles. The third-order valence-electron chi connectivity index (χ3n) is 3.70. The maximum atomic E-state index is 12.1. The number of hydrogen-bond acceptors (Lipinski definition) is 2. The number of carbonyl (C=O) groups excluding carboxylic acids is 1. The molecule has 0 aromatic rings. The van der Waals surface area contributed by atoms with E-state index in [0.717, 1.165) is 32.1 Å². The molecule has 0 saturated carbocycles. The highest BCUT2D eigenvalue weighted by Crippen LogP contribution is 2.28. The first kappa shape index (κ1) is 9.97. The van der Waals surface area contributed by atoms with Gasteiger partial charge in [0.1, 0.15) is 0 Å². The smallest absolute Gasteiger partial charge is 0.231 e. The molecule has 2 fully saturated rings. The van der Waals surface area contributed by atoms with Crippen LogP contribution in [-0.2, 0) is 4.79 Å². The van der Waals surface area contributed by atoms with Crippen molar-refractivity contribution >= 4 is 5.91 Å². The minimum absolute atomic E-state index is 0.0946. The van der Waals surface area contributed by atoms with Crippen molar-refractivity contribution in [3.63, 3.8) is 0 Å². The van der Waals surface area contributed by atoms with Crippen molar-refractivity contribution in [2.45, 2.75) is 26.7 Å². The van der Waals surface area contributed by atoms with Gasteiger partial charge in [0.05, 0.1) is 5.41 Å². The van der Waals surface area contributed by atoms with Crippen LogP contribution in [0, 0.1) is 11.3 Å². The lowest BCUT2D eigenvalue weighted by molar-refractivity contribution is -0.143. The second-order valence-electron chi connectivity index (χ2n) is 4.98. The van der Waals surface area contributed by atoms with Gasteiger partial charge in [0, 0.05) is 26.2 Å². The molecule has 1 atom stereocenters. The molecule has 2 aliphatic rings. The van der Waals surface area contributed by atoms with Crippen LogP contribution in [0.2, 0.25) is 0 Å². The minimum atomic E-state index is -0.0946. The van der Waals surface area contributed by atoms with Crippen LogP contribution in [-0.4, -0.2) is 37.0 Å². The molecule has 3 heteroatoms. The Bertz CT molecular complexity index is 235. The molecular weight excluding hydrogens is 176 g/mol. The van der Waals surface area contributed by atoms with E-state index in [-0.39, 0.29) is 5.41 Å². The summed E-state index contributed by atoms with van der Waals surface area (Å²) >= 11 is 0. The number of carbonyl (C=O) groups is 1. The zero-order chi connectivity index (χ0) is 10.2. The van der Waals surface area contributed by atoms with E-state index < -0.39 is 0 Å². The molecule has 0 radical (unpaired) electrons. The maximum absolute atomic E-state index is 12.1. The van der Waals surface area contributed by atoms with Crippen molar-refractivity contribution in [2.75, 3.05) is 26.2 Å². The number of hydrogen-bond donors (Lipinski definition) is 1. The lowest BCUT2D eigenvalue weighted by Gasteiger charge is -2.40. The van der Waals surface area contributed by atoms with Crippen LogP contribution in [0.5, 0.6) is 0 Å². The van der Waals surface area contributed by atoms with Gasteiger partial charge in [0.25, 0.3) is 0 Å². The third kappa shape index (κ3) is 1.54. The quantitative estimate of drug-likeness (QED) is 0.710. The molecule has 2 aliphatic heterocycles. The molecule has 0 aromatic carbocycles. The number of amides is 1. The van der Waals surface area contributed by atoms with Gasteiger partial charge in [-0.25, -0.2) is 0 Å². The van der Waals surface area contributed by atoms with Crippen molar-refractivity contribution in [1.82, 2.24) is 10.2 Å². The first-order valence-electron chi connectivity index (χ1n) is 5.66. The molecule has 0 aliphatic carbocycles. The second-order valence-corrected chi connectivity index (χ2v) is 4.98. The lowest BCUT2D eigenvalue weighted by atomic mass is 9.82. The lowest BCUT2D eigenvalue weighted by Crippen LogP contribution is -2.60. The zero-order valence-electron chi connectivity index (χ0n) is 9.18. The highest BCUT2D eigenvalue weighted by atomic mass is 16.2. The van der Waals surface area contributed by atoms with Gasteiger partial charge < -0.3 is 10.2 Å². The highest BCUT2D eigenvalue weighted by Gasteiger charge is 2.43. The standard InChI is InChI=1S/C11H20N2O/c1-3-9-4-5-13(6-9)10(14)11(2)7-12-8-11/h9,12H,3-8H2,1-2H3. The number of nitrogens with one attached hydrogen (secondary N) is 1. The molecule has 0 spiro atoms. The Morgan fingerprint density at radius 3 is 2.71 bits per heavy atom. The predicted molar refractivity (Wildman–Crippen MR) is 56.0 cm³/mol. The summed E-state index contributed by atoms with van der Waals surface area (Å²) in [5, 5.41) is 3.18. The van der Waals surface area contributed by atoms with Crippen molar-refractivity contribution < 1.29 is 4.79 Å². The Labute approximate surface area is 85.8 Å². The highest BCUT2D eigenvalue weighted by molar-refractivity contribution is 5.84. The van der Waals surface area contributed by atoms with Gasteiger partial charge in [-0.2, -0.15) is 0 Å². The predicted octanol–water partition coefficient (Wildman–Crippen LogP) is 0.854. The van der Waals surface area contributed by atoms with E-state index in [0.29, 0.717) is 5.91 Å². The summed E-state index contributed by atoms with van der Waals surface area (Å²) < 4.78 is 0. The van der Waals surface area contributed by atoms with Gasteiger partial charge in [-0.3, -0.25) is 4.79 Å². The number of nitrogens with zero attached hydrogens (tertiary/aromatic N) is 1. The van der Waals surface area contributed by atoms with Crippen LogP contribution in [0.15, 0.2) is 0 Å². The summed E-state index contributed by atoms with van der Waals surface area (Å²) in [5.74, 6) is 1.11. The Morgan fingerprint density at radius 1 is 1.57 bits per heavy atom. The van der Waals surface area contributed by atoms with E-state index in [1.54, 1.807) is 0 Å². The SMILES string of the molecule is CCC1CCN(C(=O)C2(C)CNC2)C1. The maximum Gasteiger partial charge on any atom is 0.231 e. The Kier molecular flexibility index (Phi) is 2.52. The molecule has 1 N–H and O–H groups in total. The summed E-state index contributed by atoms with van der Waals surface area (Å²) in [6, 6.07) is 0. The molecule has 2 heterocycles. The summed E-state index contributed by atoms with van der Waals surface area (Å²) in [7, 11) is 0. The Morgan fingerprint density at radius 2 is 2.29 bits per heavy atom. The molecule has 0 bridgehead atoms. The third-order valence-corrected chi connectivity index (χ3v) is 3.70. The molecule has 3 nitrogen and oxygen atoms in total. The van der Waals surface area contributed by atoms with E-state index in [1.165, 1.54) is 12.8 Å². The molecule has 1 amide bonds. The minimum Gasteiger partial charge on any atom is -0.342 e. The normalized spacial score (nSPS) is 30.1. The van der Waals surface area contributed by atoms with E-state index in [1.807, 2.05) is 0 Å². The fraction of sp³-hybridized carbons (Fsp3) is 0.909. The van der Waals surface area contributed by atoms with Crippen molar-refractivity contribution in [3.8, 4) is 0 Å². The van der Waals surface area contributed by atoms with E-state index in [9.17, 15) is 4.79 Å². The average molecular weight is 196 g/mol. The van der Waals surface area contributed by atoms with Crippen LogP contribution in [0.4, 0.5) is 0 Å². The van der Waals surface area contributed by atoms with Gasteiger partial charge in [-0.15, -0.1) is 0 Å².